The van der Waals surface area contributed by atoms with Gasteiger partial charge in [-0.15, -0.1) is 0 Å². The van der Waals surface area contributed by atoms with E-state index in [0.717, 1.165) is 0 Å². The second-order valence-electron chi connectivity index (χ2n) is 2.43. The third-order valence-electron chi connectivity index (χ3n) is 1.29. The maximum atomic E-state index is 10.8. The van der Waals surface area contributed by atoms with Crippen LogP contribution < -0.4 is 5.32 Å². The average molecular weight is 141 g/mol. The highest BCUT2D eigenvalue weighted by atomic mass is 16.5. The van der Waals surface area contributed by atoms with E-state index in [2.05, 4.69) is 5.32 Å². The van der Waals surface area contributed by atoms with Crippen LogP contribution in [0.25, 0.3) is 0 Å². The Bertz CT molecular complexity index is 174. The molecule has 0 saturated heterocycles. The summed E-state index contributed by atoms with van der Waals surface area (Å²) in [5.41, 5.74) is 0. The summed E-state index contributed by atoms with van der Waals surface area (Å²) in [6, 6.07) is 0. The van der Waals surface area contributed by atoms with E-state index in [9.17, 15) is 4.79 Å². The minimum absolute atomic E-state index is 0.0677. The van der Waals surface area contributed by atoms with E-state index in [4.69, 9.17) is 4.74 Å². The van der Waals surface area contributed by atoms with Crippen molar-refractivity contribution in [3.05, 3.63) is 11.8 Å². The Hall–Kier alpha value is -0.990. The average Bonchev–Trinajstić information content (AvgIpc) is 1.93. The zero-order valence-corrected chi connectivity index (χ0v) is 6.18. The fraction of sp³-hybridized carbons (Fsp3) is 0.571. The molecule has 0 aromatic carbocycles. The van der Waals surface area contributed by atoms with Crippen LogP contribution in [-0.2, 0) is 9.53 Å². The molecule has 1 N–H and O–H groups in total. The molecule has 1 aliphatic heterocycles. The van der Waals surface area contributed by atoms with Gasteiger partial charge in [-0.3, -0.25) is 4.79 Å². The van der Waals surface area contributed by atoms with Crippen molar-refractivity contribution in [2.45, 2.75) is 20.0 Å². The standard InChI is InChI=1S/C7H11NO2/c1-5-3-7(9)8-4-6(2)10-5/h3,6H,4H2,1-2H3,(H,8,9)/t6-/m1/s1. The van der Waals surface area contributed by atoms with E-state index in [-0.39, 0.29) is 12.0 Å². The number of amides is 1. The first-order valence-electron chi connectivity index (χ1n) is 3.31. The number of nitrogens with one attached hydrogen (secondary N) is 1. The molecule has 0 aromatic rings. The molecule has 0 aliphatic carbocycles. The number of carbonyl (C=O) groups is 1. The van der Waals surface area contributed by atoms with Gasteiger partial charge in [-0.2, -0.15) is 0 Å². The third-order valence-corrected chi connectivity index (χ3v) is 1.29. The highest BCUT2D eigenvalue weighted by Crippen LogP contribution is 2.03. The first-order valence-corrected chi connectivity index (χ1v) is 3.31. The number of hydrogen-bond acceptors (Lipinski definition) is 2. The Morgan fingerprint density at radius 2 is 2.50 bits per heavy atom. The van der Waals surface area contributed by atoms with E-state index >= 15 is 0 Å². The van der Waals surface area contributed by atoms with Crippen LogP contribution in [0.5, 0.6) is 0 Å². The molecule has 0 unspecified atom stereocenters. The number of hydrogen-bond donors (Lipinski definition) is 1. The summed E-state index contributed by atoms with van der Waals surface area (Å²) in [6.45, 7) is 4.29. The monoisotopic (exact) mass is 141 g/mol. The summed E-state index contributed by atoms with van der Waals surface area (Å²) < 4.78 is 5.26. The molecular weight excluding hydrogens is 130 g/mol. The van der Waals surface area contributed by atoms with Crippen LogP contribution in [0.15, 0.2) is 11.8 Å². The fourth-order valence-corrected chi connectivity index (χ4v) is 0.873. The lowest BCUT2D eigenvalue weighted by Crippen LogP contribution is -2.27. The minimum Gasteiger partial charge on any atom is -0.493 e. The van der Waals surface area contributed by atoms with Gasteiger partial charge in [0.05, 0.1) is 12.3 Å². The van der Waals surface area contributed by atoms with Gasteiger partial charge in [-0.05, 0) is 13.8 Å². The van der Waals surface area contributed by atoms with Gasteiger partial charge in [0.15, 0.2) is 0 Å². The summed E-state index contributed by atoms with van der Waals surface area (Å²) in [5, 5.41) is 2.68. The maximum absolute atomic E-state index is 10.8. The van der Waals surface area contributed by atoms with Gasteiger partial charge in [0.25, 0.3) is 0 Å². The normalized spacial score (nSPS) is 26.0. The van der Waals surface area contributed by atoms with Gasteiger partial charge in [0, 0.05) is 6.08 Å². The minimum atomic E-state index is -0.0677. The lowest BCUT2D eigenvalue weighted by Gasteiger charge is -2.10. The van der Waals surface area contributed by atoms with Gasteiger partial charge in [-0.25, -0.2) is 0 Å². The van der Waals surface area contributed by atoms with Crippen LogP contribution in [0, 0.1) is 0 Å². The van der Waals surface area contributed by atoms with Crippen LogP contribution in [0.2, 0.25) is 0 Å². The van der Waals surface area contributed by atoms with E-state index in [1.807, 2.05) is 6.92 Å². The number of ether oxygens (including phenoxy) is 1. The van der Waals surface area contributed by atoms with Gasteiger partial charge in [-0.1, -0.05) is 0 Å². The van der Waals surface area contributed by atoms with Crippen LogP contribution in [-0.4, -0.2) is 18.6 Å². The highest BCUT2D eigenvalue weighted by Gasteiger charge is 2.09. The molecule has 1 amide bonds. The van der Waals surface area contributed by atoms with Gasteiger partial charge >= 0.3 is 0 Å². The van der Waals surface area contributed by atoms with E-state index < -0.39 is 0 Å². The lowest BCUT2D eigenvalue weighted by molar-refractivity contribution is -0.116. The van der Waals surface area contributed by atoms with Crippen LogP contribution in [0.3, 0.4) is 0 Å². The SMILES string of the molecule is CC1=CC(=O)NC[C@@H](C)O1. The second kappa shape index (κ2) is 2.73. The smallest absolute Gasteiger partial charge is 0.247 e. The van der Waals surface area contributed by atoms with Crippen molar-refractivity contribution in [3.63, 3.8) is 0 Å². The number of rotatable bonds is 0. The predicted molar refractivity (Wildman–Crippen MR) is 37.3 cm³/mol. The zero-order chi connectivity index (χ0) is 7.56. The van der Waals surface area contributed by atoms with Crippen LogP contribution in [0.4, 0.5) is 0 Å². The van der Waals surface area contributed by atoms with Crippen LogP contribution >= 0.6 is 0 Å². The summed E-state index contributed by atoms with van der Waals surface area (Å²) in [4.78, 5) is 10.8. The summed E-state index contributed by atoms with van der Waals surface area (Å²) in [7, 11) is 0. The van der Waals surface area contributed by atoms with Crippen molar-refractivity contribution in [2.75, 3.05) is 6.54 Å². The highest BCUT2D eigenvalue weighted by molar-refractivity contribution is 5.88. The van der Waals surface area contributed by atoms with E-state index in [1.165, 1.54) is 6.08 Å². The molecule has 1 heterocycles. The molecule has 0 saturated carbocycles. The van der Waals surface area contributed by atoms with Gasteiger partial charge < -0.3 is 10.1 Å². The summed E-state index contributed by atoms with van der Waals surface area (Å²) in [5.74, 6) is 0.615. The first kappa shape index (κ1) is 7.12. The quantitative estimate of drug-likeness (QED) is 0.531. The molecule has 0 radical (unpaired) electrons. The Labute approximate surface area is 60.1 Å². The van der Waals surface area contributed by atoms with Crippen molar-refractivity contribution in [1.29, 1.82) is 0 Å². The molecule has 1 rings (SSSR count). The van der Waals surface area contributed by atoms with Crippen molar-refractivity contribution < 1.29 is 9.53 Å². The first-order chi connectivity index (χ1) is 4.68. The summed E-state index contributed by atoms with van der Waals surface area (Å²) >= 11 is 0. The molecule has 56 valence electrons. The Morgan fingerprint density at radius 3 is 3.20 bits per heavy atom. The Morgan fingerprint density at radius 1 is 1.80 bits per heavy atom. The third kappa shape index (κ3) is 1.76. The number of allylic oxidation sites excluding steroid dienone is 1. The van der Waals surface area contributed by atoms with Crippen LogP contribution in [0.1, 0.15) is 13.8 Å². The molecule has 1 atom stereocenters. The lowest BCUT2D eigenvalue weighted by atomic mass is 10.4. The maximum Gasteiger partial charge on any atom is 0.247 e. The Balaban J connectivity index is 2.64. The fourth-order valence-electron chi connectivity index (χ4n) is 0.873. The molecule has 3 nitrogen and oxygen atoms in total. The molecule has 0 bridgehead atoms. The van der Waals surface area contributed by atoms with Gasteiger partial charge in [0.1, 0.15) is 6.10 Å². The molecule has 3 heteroatoms. The van der Waals surface area contributed by atoms with Crippen molar-refractivity contribution in [1.82, 2.24) is 5.32 Å². The van der Waals surface area contributed by atoms with Crippen molar-refractivity contribution in [3.8, 4) is 0 Å². The molecular formula is C7H11NO2. The second-order valence-corrected chi connectivity index (χ2v) is 2.43. The largest absolute Gasteiger partial charge is 0.493 e. The Kier molecular flexibility index (Phi) is 1.94. The van der Waals surface area contributed by atoms with Crippen molar-refractivity contribution in [2.24, 2.45) is 0 Å². The topological polar surface area (TPSA) is 38.3 Å². The van der Waals surface area contributed by atoms with Crippen molar-refractivity contribution >= 4 is 5.91 Å². The summed E-state index contributed by atoms with van der Waals surface area (Å²) in [6.07, 6.45) is 1.55. The van der Waals surface area contributed by atoms with E-state index in [0.29, 0.717) is 12.3 Å². The predicted octanol–water partition coefficient (Wildman–Crippen LogP) is 0.425. The molecule has 0 spiro atoms. The van der Waals surface area contributed by atoms with Gasteiger partial charge in [0.2, 0.25) is 5.91 Å². The molecule has 1 aliphatic rings. The number of carbonyl (C=O) groups excluding carboxylic acids is 1. The zero-order valence-electron chi connectivity index (χ0n) is 6.18. The molecule has 10 heavy (non-hydrogen) atoms. The molecule has 0 fully saturated rings. The molecule has 0 aromatic heterocycles. The van der Waals surface area contributed by atoms with E-state index in [1.54, 1.807) is 6.92 Å².